The Labute approximate surface area is 117 Å². The predicted octanol–water partition coefficient (Wildman–Crippen LogP) is 2.78. The van der Waals surface area contributed by atoms with Crippen molar-refractivity contribution in [3.05, 3.63) is 0 Å². The number of rotatable bonds is 2. The third kappa shape index (κ3) is 5.19. The molecule has 0 saturated carbocycles. The minimum Gasteiger partial charge on any atom is -0.377 e. The second-order valence-corrected chi connectivity index (χ2v) is 6.43. The van der Waals surface area contributed by atoms with E-state index in [9.17, 15) is 18.0 Å². The molecular formula is C13H23F3N2O2. The molecule has 4 nitrogen and oxygen atoms in total. The summed E-state index contributed by atoms with van der Waals surface area (Å²) in [5.74, 6) is 0. The highest BCUT2D eigenvalue weighted by Gasteiger charge is 2.43. The van der Waals surface area contributed by atoms with Crippen LogP contribution in [0.5, 0.6) is 0 Å². The standard InChI is InChI=1S/C13H23F3N2O2/c1-9-8-20-6-5-18(9)11(19)17-10(13(14,15)16)7-12(2,3)4/h9-10H,5-8H2,1-4H3,(H,17,19)/t9-,10+/m1/s1. The summed E-state index contributed by atoms with van der Waals surface area (Å²) in [5, 5.41) is 2.12. The molecule has 0 aliphatic carbocycles. The van der Waals surface area contributed by atoms with Gasteiger partial charge in [-0.3, -0.25) is 0 Å². The van der Waals surface area contributed by atoms with Crippen LogP contribution >= 0.6 is 0 Å². The Kier molecular flexibility index (Phi) is 5.29. The van der Waals surface area contributed by atoms with Crippen LogP contribution in [0.25, 0.3) is 0 Å². The van der Waals surface area contributed by atoms with Crippen LogP contribution in [-0.2, 0) is 4.74 Å². The van der Waals surface area contributed by atoms with Crippen LogP contribution in [0.3, 0.4) is 0 Å². The van der Waals surface area contributed by atoms with E-state index in [1.807, 2.05) is 0 Å². The van der Waals surface area contributed by atoms with Gasteiger partial charge in [0, 0.05) is 6.54 Å². The molecule has 2 amide bonds. The molecule has 0 radical (unpaired) electrons. The fraction of sp³-hybridized carbons (Fsp3) is 0.923. The maximum atomic E-state index is 13.0. The quantitative estimate of drug-likeness (QED) is 0.851. The molecule has 1 rings (SSSR count). The molecule has 1 heterocycles. The van der Waals surface area contributed by atoms with Gasteiger partial charge in [-0.1, -0.05) is 20.8 Å². The first-order valence-corrected chi connectivity index (χ1v) is 6.72. The fourth-order valence-electron chi connectivity index (χ4n) is 2.12. The summed E-state index contributed by atoms with van der Waals surface area (Å²) in [6, 6.07) is -2.72. The van der Waals surface area contributed by atoms with E-state index in [2.05, 4.69) is 5.32 Å². The van der Waals surface area contributed by atoms with Crippen molar-refractivity contribution in [3.63, 3.8) is 0 Å². The average Bonchev–Trinajstić information content (AvgIpc) is 2.25. The molecule has 2 atom stereocenters. The molecule has 1 N–H and O–H groups in total. The van der Waals surface area contributed by atoms with E-state index < -0.39 is 23.7 Å². The van der Waals surface area contributed by atoms with Crippen LogP contribution in [0.15, 0.2) is 0 Å². The number of ether oxygens (including phenoxy) is 1. The molecule has 1 fully saturated rings. The Hall–Kier alpha value is -0.980. The second kappa shape index (κ2) is 6.20. The molecule has 0 aromatic rings. The van der Waals surface area contributed by atoms with E-state index in [0.717, 1.165) is 0 Å². The van der Waals surface area contributed by atoms with Crippen molar-refractivity contribution >= 4 is 6.03 Å². The molecule has 20 heavy (non-hydrogen) atoms. The first kappa shape index (κ1) is 17.1. The number of nitrogens with one attached hydrogen (secondary N) is 1. The summed E-state index contributed by atoms with van der Waals surface area (Å²) in [7, 11) is 0. The Balaban J connectivity index is 2.71. The lowest BCUT2D eigenvalue weighted by Crippen LogP contribution is -2.56. The first-order chi connectivity index (χ1) is 9.00. The summed E-state index contributed by atoms with van der Waals surface area (Å²) in [4.78, 5) is 13.4. The number of carbonyl (C=O) groups excluding carboxylic acids is 1. The van der Waals surface area contributed by atoms with Gasteiger partial charge in [-0.25, -0.2) is 4.79 Å². The van der Waals surface area contributed by atoms with E-state index >= 15 is 0 Å². The maximum absolute atomic E-state index is 13.0. The average molecular weight is 296 g/mol. The highest BCUT2D eigenvalue weighted by atomic mass is 19.4. The summed E-state index contributed by atoms with van der Waals surface area (Å²) >= 11 is 0. The first-order valence-electron chi connectivity index (χ1n) is 6.72. The Morgan fingerprint density at radius 3 is 2.45 bits per heavy atom. The number of nitrogens with zero attached hydrogens (tertiary/aromatic N) is 1. The lowest BCUT2D eigenvalue weighted by molar-refractivity contribution is -0.160. The number of amides is 2. The van der Waals surface area contributed by atoms with Crippen molar-refractivity contribution < 1.29 is 22.7 Å². The van der Waals surface area contributed by atoms with Gasteiger partial charge in [-0.2, -0.15) is 13.2 Å². The highest BCUT2D eigenvalue weighted by Crippen LogP contribution is 2.30. The van der Waals surface area contributed by atoms with Crippen LogP contribution in [0.2, 0.25) is 0 Å². The third-order valence-corrected chi connectivity index (χ3v) is 3.14. The van der Waals surface area contributed by atoms with Crippen molar-refractivity contribution in [2.75, 3.05) is 19.8 Å². The summed E-state index contributed by atoms with van der Waals surface area (Å²) in [6.07, 6.45) is -4.60. The molecular weight excluding hydrogens is 273 g/mol. The fourth-order valence-corrected chi connectivity index (χ4v) is 2.12. The van der Waals surface area contributed by atoms with Crippen molar-refractivity contribution in [2.24, 2.45) is 5.41 Å². The van der Waals surface area contributed by atoms with Gasteiger partial charge in [-0.05, 0) is 18.8 Å². The number of morpholine rings is 1. The van der Waals surface area contributed by atoms with Gasteiger partial charge in [0.2, 0.25) is 0 Å². The monoisotopic (exact) mass is 296 g/mol. The number of urea groups is 1. The minimum absolute atomic E-state index is 0.152. The zero-order valence-corrected chi connectivity index (χ0v) is 12.4. The van der Waals surface area contributed by atoms with Gasteiger partial charge in [-0.15, -0.1) is 0 Å². The smallest absolute Gasteiger partial charge is 0.377 e. The van der Waals surface area contributed by atoms with Crippen LogP contribution in [0, 0.1) is 5.41 Å². The van der Waals surface area contributed by atoms with Gasteiger partial charge in [0.05, 0.1) is 19.3 Å². The van der Waals surface area contributed by atoms with E-state index in [0.29, 0.717) is 19.8 Å². The SMILES string of the molecule is C[C@@H]1COCCN1C(=O)N[C@@H](CC(C)(C)C)C(F)(F)F. The summed E-state index contributed by atoms with van der Waals surface area (Å²) < 4.78 is 44.2. The topological polar surface area (TPSA) is 41.6 Å². The van der Waals surface area contributed by atoms with E-state index in [1.165, 1.54) is 4.90 Å². The van der Waals surface area contributed by atoms with Crippen molar-refractivity contribution in [1.29, 1.82) is 0 Å². The molecule has 1 aliphatic heterocycles. The molecule has 1 saturated heterocycles. The number of hydrogen-bond donors (Lipinski definition) is 1. The van der Waals surface area contributed by atoms with Crippen LogP contribution in [-0.4, -0.2) is 48.9 Å². The number of hydrogen-bond acceptors (Lipinski definition) is 2. The van der Waals surface area contributed by atoms with E-state index in [4.69, 9.17) is 4.74 Å². The van der Waals surface area contributed by atoms with Gasteiger partial charge in [0.25, 0.3) is 0 Å². The molecule has 0 aromatic heterocycles. The predicted molar refractivity (Wildman–Crippen MR) is 69.4 cm³/mol. The number of carbonyl (C=O) groups is 1. The Bertz CT molecular complexity index is 339. The molecule has 7 heteroatoms. The molecule has 1 aliphatic rings. The van der Waals surface area contributed by atoms with Gasteiger partial charge in [0.1, 0.15) is 6.04 Å². The summed E-state index contributed by atoms with van der Waals surface area (Å²) in [5.41, 5.74) is -0.524. The van der Waals surface area contributed by atoms with E-state index in [-0.39, 0.29) is 12.5 Å². The lowest BCUT2D eigenvalue weighted by atomic mass is 9.88. The van der Waals surface area contributed by atoms with Gasteiger partial charge >= 0.3 is 12.2 Å². The van der Waals surface area contributed by atoms with Gasteiger partial charge < -0.3 is 15.0 Å². The molecule has 0 aromatic carbocycles. The lowest BCUT2D eigenvalue weighted by Gasteiger charge is -2.36. The zero-order chi connectivity index (χ0) is 15.6. The largest absolute Gasteiger partial charge is 0.408 e. The molecule has 0 bridgehead atoms. The zero-order valence-electron chi connectivity index (χ0n) is 12.4. The minimum atomic E-state index is -4.45. The van der Waals surface area contributed by atoms with Gasteiger partial charge in [0.15, 0.2) is 0 Å². The second-order valence-electron chi connectivity index (χ2n) is 6.43. The van der Waals surface area contributed by atoms with E-state index in [1.54, 1.807) is 27.7 Å². The van der Waals surface area contributed by atoms with Crippen molar-refractivity contribution in [3.8, 4) is 0 Å². The van der Waals surface area contributed by atoms with Crippen molar-refractivity contribution in [2.45, 2.75) is 52.4 Å². The molecule has 0 spiro atoms. The normalized spacial score (nSPS) is 22.6. The van der Waals surface area contributed by atoms with Crippen LogP contribution in [0.4, 0.5) is 18.0 Å². The van der Waals surface area contributed by atoms with Crippen LogP contribution in [0.1, 0.15) is 34.1 Å². The molecule has 0 unspecified atom stereocenters. The summed E-state index contributed by atoms with van der Waals surface area (Å²) in [6.45, 7) is 7.93. The molecule has 118 valence electrons. The maximum Gasteiger partial charge on any atom is 0.408 e. The van der Waals surface area contributed by atoms with Crippen molar-refractivity contribution in [1.82, 2.24) is 10.2 Å². The number of alkyl halides is 3. The third-order valence-electron chi connectivity index (χ3n) is 3.14. The highest BCUT2D eigenvalue weighted by molar-refractivity contribution is 5.75. The number of halogens is 3. The Morgan fingerprint density at radius 1 is 1.40 bits per heavy atom. The Morgan fingerprint density at radius 2 is 2.00 bits per heavy atom. The van der Waals surface area contributed by atoms with Crippen LogP contribution < -0.4 is 5.32 Å².